The Labute approximate surface area is 139 Å². The number of benzene rings is 2. The van der Waals surface area contributed by atoms with Gasteiger partial charge in [0.15, 0.2) is 0 Å². The highest BCUT2D eigenvalue weighted by atomic mass is 32.2. The van der Waals surface area contributed by atoms with Crippen molar-refractivity contribution in [2.24, 2.45) is 5.10 Å². The van der Waals surface area contributed by atoms with Crippen LogP contribution in [0.3, 0.4) is 0 Å². The van der Waals surface area contributed by atoms with Gasteiger partial charge < -0.3 is 14.6 Å². The van der Waals surface area contributed by atoms with Crippen LogP contribution in [-0.2, 0) is 14.8 Å². The Hall–Kier alpha value is -2.87. The van der Waals surface area contributed by atoms with E-state index in [-0.39, 0.29) is 10.6 Å². The lowest BCUT2D eigenvalue weighted by molar-refractivity contribution is -0.307. The highest BCUT2D eigenvalue weighted by Gasteiger charge is 2.11. The molecular formula is C16H15N2O5S-. The first kappa shape index (κ1) is 17.5. The van der Waals surface area contributed by atoms with E-state index >= 15 is 0 Å². The fourth-order valence-corrected chi connectivity index (χ4v) is 2.58. The van der Waals surface area contributed by atoms with Crippen molar-refractivity contribution in [1.29, 1.82) is 0 Å². The summed E-state index contributed by atoms with van der Waals surface area (Å²) in [5, 5.41) is 14.1. The van der Waals surface area contributed by atoms with Gasteiger partial charge in [0.25, 0.3) is 10.0 Å². The van der Waals surface area contributed by atoms with Crippen LogP contribution in [-0.4, -0.2) is 27.2 Å². The third kappa shape index (κ3) is 4.82. The standard InChI is InChI=1S/C16H16N2O5S/c1-12-6-8-14(9-7-12)24(21,22)18-17-10-13-4-2-3-5-15(13)23-11-16(19)20/h2-10,18H,11H2,1H3,(H,19,20)/p-1/b17-10-. The second-order valence-electron chi connectivity index (χ2n) is 4.86. The van der Waals surface area contributed by atoms with Crippen LogP contribution in [0.4, 0.5) is 0 Å². The normalized spacial score (nSPS) is 11.4. The third-order valence-corrected chi connectivity index (χ3v) is 4.21. The van der Waals surface area contributed by atoms with Crippen molar-refractivity contribution in [3.63, 3.8) is 0 Å². The lowest BCUT2D eigenvalue weighted by Gasteiger charge is -2.09. The van der Waals surface area contributed by atoms with Crippen molar-refractivity contribution >= 4 is 22.2 Å². The van der Waals surface area contributed by atoms with Crippen LogP contribution in [0.25, 0.3) is 0 Å². The fraction of sp³-hybridized carbons (Fsp3) is 0.125. The minimum Gasteiger partial charge on any atom is -0.546 e. The molecule has 0 aliphatic heterocycles. The van der Waals surface area contributed by atoms with Gasteiger partial charge in [-0.1, -0.05) is 29.8 Å². The minimum atomic E-state index is -3.78. The average Bonchev–Trinajstić information content (AvgIpc) is 2.54. The monoisotopic (exact) mass is 347 g/mol. The summed E-state index contributed by atoms with van der Waals surface area (Å²) >= 11 is 0. The molecule has 0 aromatic heterocycles. The van der Waals surface area contributed by atoms with Crippen LogP contribution in [0.1, 0.15) is 11.1 Å². The van der Waals surface area contributed by atoms with Crippen LogP contribution >= 0.6 is 0 Å². The Morgan fingerprint density at radius 1 is 1.21 bits per heavy atom. The Morgan fingerprint density at radius 2 is 1.88 bits per heavy atom. The predicted molar refractivity (Wildman–Crippen MR) is 86.0 cm³/mol. The molecule has 126 valence electrons. The second-order valence-corrected chi connectivity index (χ2v) is 6.53. The average molecular weight is 347 g/mol. The Morgan fingerprint density at radius 3 is 2.54 bits per heavy atom. The number of hydrogen-bond donors (Lipinski definition) is 1. The van der Waals surface area contributed by atoms with Gasteiger partial charge in [-0.25, -0.2) is 4.83 Å². The van der Waals surface area contributed by atoms with Gasteiger partial charge in [-0.3, -0.25) is 0 Å². The van der Waals surface area contributed by atoms with Gasteiger partial charge in [0.05, 0.1) is 17.1 Å². The maximum Gasteiger partial charge on any atom is 0.276 e. The highest BCUT2D eigenvalue weighted by molar-refractivity contribution is 7.89. The quantitative estimate of drug-likeness (QED) is 0.577. The Bertz CT molecular complexity index is 845. The van der Waals surface area contributed by atoms with E-state index in [2.05, 4.69) is 9.93 Å². The van der Waals surface area contributed by atoms with E-state index in [0.29, 0.717) is 5.56 Å². The number of sulfonamides is 1. The van der Waals surface area contributed by atoms with Gasteiger partial charge in [0, 0.05) is 5.56 Å². The van der Waals surface area contributed by atoms with Crippen molar-refractivity contribution < 1.29 is 23.1 Å². The van der Waals surface area contributed by atoms with Crippen molar-refractivity contribution in [2.45, 2.75) is 11.8 Å². The van der Waals surface area contributed by atoms with Gasteiger partial charge in [0.1, 0.15) is 12.4 Å². The number of nitrogens with one attached hydrogen (secondary N) is 1. The van der Waals surface area contributed by atoms with Crippen molar-refractivity contribution in [3.8, 4) is 5.75 Å². The molecule has 0 spiro atoms. The molecule has 2 aromatic carbocycles. The number of rotatable bonds is 7. The van der Waals surface area contributed by atoms with E-state index in [1.54, 1.807) is 36.4 Å². The number of carbonyl (C=O) groups excluding carboxylic acids is 1. The predicted octanol–water partition coefficient (Wildman–Crippen LogP) is 0.436. The van der Waals surface area contributed by atoms with Gasteiger partial charge in [0.2, 0.25) is 0 Å². The largest absolute Gasteiger partial charge is 0.546 e. The summed E-state index contributed by atoms with van der Waals surface area (Å²) in [4.78, 5) is 12.6. The summed E-state index contributed by atoms with van der Waals surface area (Å²) in [5.41, 5.74) is 1.36. The zero-order valence-corrected chi connectivity index (χ0v) is 13.6. The SMILES string of the molecule is Cc1ccc(S(=O)(=O)N/N=C\c2ccccc2OCC(=O)[O-])cc1. The molecule has 0 radical (unpaired) electrons. The van der Waals surface area contributed by atoms with E-state index in [9.17, 15) is 18.3 Å². The van der Waals surface area contributed by atoms with Crippen LogP contribution in [0.2, 0.25) is 0 Å². The molecule has 0 unspecified atom stereocenters. The molecule has 0 aliphatic rings. The summed E-state index contributed by atoms with van der Waals surface area (Å²) < 4.78 is 29.2. The molecule has 24 heavy (non-hydrogen) atoms. The van der Waals surface area contributed by atoms with Gasteiger partial charge >= 0.3 is 0 Å². The van der Waals surface area contributed by atoms with Gasteiger partial charge in [-0.15, -0.1) is 0 Å². The molecule has 7 nitrogen and oxygen atoms in total. The number of para-hydroxylation sites is 1. The van der Waals surface area contributed by atoms with Crippen molar-refractivity contribution in [1.82, 2.24) is 4.83 Å². The van der Waals surface area contributed by atoms with Crippen molar-refractivity contribution in [2.75, 3.05) is 6.61 Å². The molecule has 0 atom stereocenters. The number of carboxylic acid groups (broad SMARTS) is 1. The number of carboxylic acids is 1. The number of aryl methyl sites for hydroxylation is 1. The molecule has 0 amide bonds. The number of aliphatic carboxylic acids is 1. The Kier molecular flexibility index (Phi) is 5.54. The zero-order valence-electron chi connectivity index (χ0n) is 12.8. The summed E-state index contributed by atoms with van der Waals surface area (Å²) in [6.07, 6.45) is 1.23. The van der Waals surface area contributed by atoms with Crippen LogP contribution in [0.15, 0.2) is 58.5 Å². The molecule has 2 rings (SSSR count). The Balaban J connectivity index is 2.11. The minimum absolute atomic E-state index is 0.0896. The first-order chi connectivity index (χ1) is 11.4. The molecule has 0 fully saturated rings. The molecule has 0 bridgehead atoms. The maximum atomic E-state index is 12.1. The first-order valence-corrected chi connectivity index (χ1v) is 8.40. The number of hydrogen-bond acceptors (Lipinski definition) is 6. The van der Waals surface area contributed by atoms with E-state index in [0.717, 1.165) is 5.56 Å². The second kappa shape index (κ2) is 7.60. The summed E-state index contributed by atoms with van der Waals surface area (Å²) in [6.45, 7) is 1.24. The van der Waals surface area contributed by atoms with Crippen LogP contribution in [0, 0.1) is 6.92 Å². The van der Waals surface area contributed by atoms with E-state index in [1.807, 2.05) is 6.92 Å². The molecule has 0 saturated carbocycles. The molecule has 1 N–H and O–H groups in total. The zero-order chi connectivity index (χ0) is 17.6. The van der Waals surface area contributed by atoms with E-state index < -0.39 is 22.6 Å². The van der Waals surface area contributed by atoms with E-state index in [4.69, 9.17) is 4.74 Å². The van der Waals surface area contributed by atoms with Gasteiger partial charge in [-0.2, -0.15) is 13.5 Å². The first-order valence-electron chi connectivity index (χ1n) is 6.92. The molecular weight excluding hydrogens is 332 g/mol. The van der Waals surface area contributed by atoms with Crippen LogP contribution < -0.4 is 14.7 Å². The molecule has 0 aliphatic carbocycles. The molecule has 0 heterocycles. The molecule has 0 saturated heterocycles. The van der Waals surface area contributed by atoms with Gasteiger partial charge in [-0.05, 0) is 31.2 Å². The van der Waals surface area contributed by atoms with E-state index in [1.165, 1.54) is 18.3 Å². The number of carbonyl (C=O) groups is 1. The third-order valence-electron chi connectivity index (χ3n) is 2.97. The molecule has 2 aromatic rings. The number of ether oxygens (including phenoxy) is 1. The topological polar surface area (TPSA) is 108 Å². The highest BCUT2D eigenvalue weighted by Crippen LogP contribution is 2.16. The van der Waals surface area contributed by atoms with Crippen LogP contribution in [0.5, 0.6) is 5.75 Å². The summed E-state index contributed by atoms with van der Waals surface area (Å²) in [6, 6.07) is 12.8. The molecule has 8 heteroatoms. The number of nitrogens with zero attached hydrogens (tertiary/aromatic N) is 1. The smallest absolute Gasteiger partial charge is 0.276 e. The fourth-order valence-electron chi connectivity index (χ4n) is 1.79. The lowest BCUT2D eigenvalue weighted by Crippen LogP contribution is -2.29. The summed E-state index contributed by atoms with van der Waals surface area (Å²) in [5.74, 6) is -1.11. The maximum absolute atomic E-state index is 12.1. The summed E-state index contributed by atoms with van der Waals surface area (Å²) in [7, 11) is -3.78. The lowest BCUT2D eigenvalue weighted by atomic mass is 10.2. The number of hydrazone groups is 1. The van der Waals surface area contributed by atoms with Crippen molar-refractivity contribution in [3.05, 3.63) is 59.7 Å².